The normalized spacial score (nSPS) is 10.3. The zero-order valence-corrected chi connectivity index (χ0v) is 15.1. The van der Waals surface area contributed by atoms with Gasteiger partial charge in [-0.2, -0.15) is 0 Å². The molecule has 4 heteroatoms. The number of amides is 1. The molecule has 0 atom stereocenters. The molecule has 0 spiro atoms. The van der Waals surface area contributed by atoms with Crippen LogP contribution in [0.5, 0.6) is 5.75 Å². The number of carbonyl (C=O) groups is 1. The highest BCUT2D eigenvalue weighted by Crippen LogP contribution is 2.17. The summed E-state index contributed by atoms with van der Waals surface area (Å²) in [5.41, 5.74) is 2.17. The first-order valence-corrected chi connectivity index (χ1v) is 8.82. The average Bonchev–Trinajstić information content (AvgIpc) is 2.67. The molecule has 0 radical (unpaired) electrons. The van der Waals surface area contributed by atoms with Crippen LogP contribution in [0.2, 0.25) is 5.02 Å². The van der Waals surface area contributed by atoms with Crippen molar-refractivity contribution in [1.82, 2.24) is 4.90 Å². The Morgan fingerprint density at radius 1 is 0.808 bits per heavy atom. The van der Waals surface area contributed by atoms with E-state index in [-0.39, 0.29) is 12.5 Å². The highest BCUT2D eigenvalue weighted by molar-refractivity contribution is 6.30. The molecule has 0 heterocycles. The molecule has 26 heavy (non-hydrogen) atoms. The summed E-state index contributed by atoms with van der Waals surface area (Å²) in [5.74, 6) is 0.517. The summed E-state index contributed by atoms with van der Waals surface area (Å²) in [5, 5.41) is 0.584. The molecular weight excluding hydrogens is 346 g/mol. The van der Waals surface area contributed by atoms with Crippen molar-refractivity contribution in [3.05, 3.63) is 101 Å². The van der Waals surface area contributed by atoms with Crippen LogP contribution >= 0.6 is 11.6 Å². The van der Waals surface area contributed by atoms with Gasteiger partial charge in [0, 0.05) is 18.1 Å². The average molecular weight is 366 g/mol. The molecular formula is C22H20ClNO2. The van der Waals surface area contributed by atoms with E-state index in [0.717, 1.165) is 11.1 Å². The summed E-state index contributed by atoms with van der Waals surface area (Å²) < 4.78 is 5.63. The standard InChI is InChI=1S/C22H20ClNO2/c23-20-12-7-13-21(14-20)26-17-22(25)24(15-18-8-3-1-4-9-18)16-19-10-5-2-6-11-19/h1-14H,15-17H2. The van der Waals surface area contributed by atoms with Crippen LogP contribution in [-0.2, 0) is 17.9 Å². The fourth-order valence-corrected chi connectivity index (χ4v) is 2.81. The minimum Gasteiger partial charge on any atom is -0.484 e. The third-order valence-electron chi connectivity index (χ3n) is 3.94. The first kappa shape index (κ1) is 18.0. The summed E-state index contributed by atoms with van der Waals surface area (Å²) in [6.07, 6.45) is 0. The van der Waals surface area contributed by atoms with Gasteiger partial charge in [0.25, 0.3) is 5.91 Å². The topological polar surface area (TPSA) is 29.5 Å². The summed E-state index contributed by atoms with van der Waals surface area (Å²) >= 11 is 5.96. The predicted octanol–water partition coefficient (Wildman–Crippen LogP) is 4.95. The largest absolute Gasteiger partial charge is 0.484 e. The Bertz CT molecular complexity index is 796. The second-order valence-corrected chi connectivity index (χ2v) is 6.40. The smallest absolute Gasteiger partial charge is 0.261 e. The van der Waals surface area contributed by atoms with Crippen molar-refractivity contribution in [3.8, 4) is 5.75 Å². The van der Waals surface area contributed by atoms with Crippen molar-refractivity contribution in [2.24, 2.45) is 0 Å². The van der Waals surface area contributed by atoms with Crippen LogP contribution in [0.25, 0.3) is 0 Å². The fraction of sp³-hybridized carbons (Fsp3) is 0.136. The second kappa shape index (κ2) is 9.07. The van der Waals surface area contributed by atoms with E-state index in [1.165, 1.54) is 0 Å². The van der Waals surface area contributed by atoms with Crippen molar-refractivity contribution in [2.75, 3.05) is 6.61 Å². The van der Waals surface area contributed by atoms with Gasteiger partial charge in [0.15, 0.2) is 6.61 Å². The van der Waals surface area contributed by atoms with Gasteiger partial charge in [-0.15, -0.1) is 0 Å². The number of benzene rings is 3. The van der Waals surface area contributed by atoms with Crippen molar-refractivity contribution in [1.29, 1.82) is 0 Å². The Hall–Kier alpha value is -2.78. The van der Waals surface area contributed by atoms with Crippen LogP contribution in [0.15, 0.2) is 84.9 Å². The molecule has 0 aliphatic heterocycles. The third-order valence-corrected chi connectivity index (χ3v) is 4.18. The highest BCUT2D eigenvalue weighted by Gasteiger charge is 2.15. The molecule has 1 amide bonds. The number of carbonyl (C=O) groups excluding carboxylic acids is 1. The van der Waals surface area contributed by atoms with Crippen LogP contribution < -0.4 is 4.74 Å². The van der Waals surface area contributed by atoms with Crippen LogP contribution in [-0.4, -0.2) is 17.4 Å². The molecule has 3 rings (SSSR count). The number of ether oxygens (including phenoxy) is 1. The molecule has 3 nitrogen and oxygen atoms in total. The zero-order valence-electron chi connectivity index (χ0n) is 14.3. The van der Waals surface area contributed by atoms with E-state index in [1.54, 1.807) is 29.2 Å². The van der Waals surface area contributed by atoms with Crippen LogP contribution in [0.1, 0.15) is 11.1 Å². The van der Waals surface area contributed by atoms with E-state index < -0.39 is 0 Å². The van der Waals surface area contributed by atoms with E-state index in [2.05, 4.69) is 0 Å². The van der Waals surface area contributed by atoms with Gasteiger partial charge in [-0.3, -0.25) is 4.79 Å². The van der Waals surface area contributed by atoms with Gasteiger partial charge in [0.1, 0.15) is 5.75 Å². The Labute approximate surface area is 158 Å². The van der Waals surface area contributed by atoms with E-state index >= 15 is 0 Å². The van der Waals surface area contributed by atoms with Crippen molar-refractivity contribution < 1.29 is 9.53 Å². The summed E-state index contributed by atoms with van der Waals surface area (Å²) in [7, 11) is 0. The molecule has 3 aromatic rings. The summed E-state index contributed by atoms with van der Waals surface area (Å²) in [4.78, 5) is 14.6. The Kier molecular flexibility index (Phi) is 6.29. The lowest BCUT2D eigenvalue weighted by molar-refractivity contribution is -0.134. The highest BCUT2D eigenvalue weighted by atomic mass is 35.5. The number of hydrogen-bond donors (Lipinski definition) is 0. The van der Waals surface area contributed by atoms with E-state index in [9.17, 15) is 4.79 Å². The molecule has 0 saturated heterocycles. The quantitative estimate of drug-likeness (QED) is 0.593. The number of hydrogen-bond acceptors (Lipinski definition) is 2. The number of halogens is 1. The van der Waals surface area contributed by atoms with Gasteiger partial charge in [0.05, 0.1) is 0 Å². The van der Waals surface area contributed by atoms with E-state index in [1.807, 2.05) is 60.7 Å². The first-order valence-electron chi connectivity index (χ1n) is 8.45. The van der Waals surface area contributed by atoms with Crippen molar-refractivity contribution in [3.63, 3.8) is 0 Å². The Morgan fingerprint density at radius 2 is 1.38 bits per heavy atom. The van der Waals surface area contributed by atoms with Crippen LogP contribution in [0.3, 0.4) is 0 Å². The number of nitrogens with zero attached hydrogens (tertiary/aromatic N) is 1. The Balaban J connectivity index is 1.70. The molecule has 3 aromatic carbocycles. The minimum absolute atomic E-state index is 0.0278. The van der Waals surface area contributed by atoms with Gasteiger partial charge in [0.2, 0.25) is 0 Å². The first-order chi connectivity index (χ1) is 12.7. The predicted molar refractivity (Wildman–Crippen MR) is 104 cm³/mol. The lowest BCUT2D eigenvalue weighted by atomic mass is 10.1. The molecule has 0 aliphatic carbocycles. The van der Waals surface area contributed by atoms with Crippen LogP contribution in [0.4, 0.5) is 0 Å². The monoisotopic (exact) mass is 365 g/mol. The van der Waals surface area contributed by atoms with Gasteiger partial charge in [-0.25, -0.2) is 0 Å². The number of rotatable bonds is 7. The molecule has 0 N–H and O–H groups in total. The third kappa shape index (κ3) is 5.36. The van der Waals surface area contributed by atoms with E-state index in [4.69, 9.17) is 16.3 Å². The summed E-state index contributed by atoms with van der Waals surface area (Å²) in [6, 6.07) is 27.0. The molecule has 0 saturated carbocycles. The SMILES string of the molecule is O=C(COc1cccc(Cl)c1)N(Cc1ccccc1)Cc1ccccc1. The molecule has 0 fully saturated rings. The maximum absolute atomic E-state index is 12.8. The molecule has 0 aromatic heterocycles. The molecule has 132 valence electrons. The van der Waals surface area contributed by atoms with Crippen molar-refractivity contribution >= 4 is 17.5 Å². The molecule has 0 unspecified atom stereocenters. The maximum Gasteiger partial charge on any atom is 0.261 e. The van der Waals surface area contributed by atoms with E-state index in [0.29, 0.717) is 23.9 Å². The van der Waals surface area contributed by atoms with Gasteiger partial charge in [-0.1, -0.05) is 78.3 Å². The lowest BCUT2D eigenvalue weighted by Crippen LogP contribution is -2.34. The maximum atomic E-state index is 12.8. The molecule has 0 aliphatic rings. The van der Waals surface area contributed by atoms with Gasteiger partial charge in [-0.05, 0) is 29.3 Å². The molecule has 0 bridgehead atoms. The minimum atomic E-state index is -0.0716. The second-order valence-electron chi connectivity index (χ2n) is 5.97. The van der Waals surface area contributed by atoms with Crippen molar-refractivity contribution in [2.45, 2.75) is 13.1 Å². The van der Waals surface area contributed by atoms with Gasteiger partial charge < -0.3 is 9.64 Å². The fourth-order valence-electron chi connectivity index (χ4n) is 2.63. The van der Waals surface area contributed by atoms with Crippen LogP contribution in [0, 0.1) is 0 Å². The zero-order chi connectivity index (χ0) is 18.2. The van der Waals surface area contributed by atoms with Gasteiger partial charge >= 0.3 is 0 Å². The lowest BCUT2D eigenvalue weighted by Gasteiger charge is -2.23. The summed E-state index contributed by atoms with van der Waals surface area (Å²) in [6.45, 7) is 1.04. The Morgan fingerprint density at radius 3 is 1.92 bits per heavy atom.